The first-order chi connectivity index (χ1) is 14.7. The first-order valence-electron chi connectivity index (χ1n) is 9.82. The van der Waals surface area contributed by atoms with Crippen molar-refractivity contribution in [1.29, 1.82) is 0 Å². The Morgan fingerprint density at radius 3 is 2.63 bits per heavy atom. The summed E-state index contributed by atoms with van der Waals surface area (Å²) < 4.78 is 16.9. The Labute approximate surface area is 180 Å². The van der Waals surface area contributed by atoms with Gasteiger partial charge in [0.1, 0.15) is 19.0 Å². The number of rotatable bonds is 7. The molecule has 4 rings (SSSR count). The molecule has 0 spiro atoms. The third kappa shape index (κ3) is 4.86. The minimum atomic E-state index is -0.179. The molecule has 0 saturated heterocycles. The molecule has 0 bridgehead atoms. The SMILES string of the molecule is O=C(COc1ccccc1-c1ccccc1)NCCc1cc(Cl)c2c(c1)OCCO2. The van der Waals surface area contributed by atoms with Crippen molar-refractivity contribution < 1.29 is 19.0 Å². The van der Waals surface area contributed by atoms with E-state index in [1.54, 1.807) is 0 Å². The molecule has 0 aliphatic carbocycles. The highest BCUT2D eigenvalue weighted by molar-refractivity contribution is 6.32. The lowest BCUT2D eigenvalue weighted by atomic mass is 10.1. The summed E-state index contributed by atoms with van der Waals surface area (Å²) in [6.07, 6.45) is 0.628. The lowest BCUT2D eigenvalue weighted by Crippen LogP contribution is -2.30. The number of hydrogen-bond donors (Lipinski definition) is 1. The first-order valence-corrected chi connectivity index (χ1v) is 10.2. The highest BCUT2D eigenvalue weighted by atomic mass is 35.5. The Hall–Kier alpha value is -3.18. The smallest absolute Gasteiger partial charge is 0.257 e. The van der Waals surface area contributed by atoms with Crippen LogP contribution in [0.3, 0.4) is 0 Å². The van der Waals surface area contributed by atoms with E-state index < -0.39 is 0 Å². The van der Waals surface area contributed by atoms with Crippen LogP contribution in [-0.4, -0.2) is 32.3 Å². The highest BCUT2D eigenvalue weighted by Crippen LogP contribution is 2.38. The van der Waals surface area contributed by atoms with Crippen molar-refractivity contribution in [2.45, 2.75) is 6.42 Å². The maximum Gasteiger partial charge on any atom is 0.257 e. The van der Waals surface area contributed by atoms with Gasteiger partial charge in [-0.05, 0) is 35.7 Å². The predicted molar refractivity (Wildman–Crippen MR) is 117 cm³/mol. The van der Waals surface area contributed by atoms with E-state index in [1.165, 1.54) is 0 Å². The Morgan fingerprint density at radius 2 is 1.77 bits per heavy atom. The molecule has 0 unspecified atom stereocenters. The van der Waals surface area contributed by atoms with Gasteiger partial charge in [-0.25, -0.2) is 0 Å². The number of halogens is 1. The minimum absolute atomic E-state index is 0.0499. The van der Waals surface area contributed by atoms with Crippen LogP contribution in [0.15, 0.2) is 66.7 Å². The zero-order valence-corrected chi connectivity index (χ0v) is 17.2. The quantitative estimate of drug-likeness (QED) is 0.607. The van der Waals surface area contributed by atoms with E-state index in [0.29, 0.717) is 48.5 Å². The van der Waals surface area contributed by atoms with E-state index in [1.807, 2.05) is 66.7 Å². The number of para-hydroxylation sites is 1. The third-order valence-electron chi connectivity index (χ3n) is 4.72. The van der Waals surface area contributed by atoms with Crippen molar-refractivity contribution in [1.82, 2.24) is 5.32 Å². The van der Waals surface area contributed by atoms with Crippen LogP contribution in [0.2, 0.25) is 5.02 Å². The lowest BCUT2D eigenvalue weighted by molar-refractivity contribution is -0.123. The molecule has 0 aromatic heterocycles. The minimum Gasteiger partial charge on any atom is -0.486 e. The van der Waals surface area contributed by atoms with Crippen molar-refractivity contribution in [2.24, 2.45) is 0 Å². The standard InChI is InChI=1S/C24H22ClNO4/c25-20-14-17(15-22-24(20)29-13-12-28-22)10-11-26-23(27)16-30-21-9-5-4-8-19(21)18-6-2-1-3-7-18/h1-9,14-15H,10-13,16H2,(H,26,27). The lowest BCUT2D eigenvalue weighted by Gasteiger charge is -2.20. The Kier molecular flexibility index (Phi) is 6.40. The summed E-state index contributed by atoms with van der Waals surface area (Å²) in [7, 11) is 0. The molecular weight excluding hydrogens is 402 g/mol. The van der Waals surface area contributed by atoms with Gasteiger partial charge in [0.05, 0.1) is 5.02 Å². The fourth-order valence-electron chi connectivity index (χ4n) is 3.30. The fourth-order valence-corrected chi connectivity index (χ4v) is 3.59. The molecule has 1 amide bonds. The zero-order valence-electron chi connectivity index (χ0n) is 16.4. The van der Waals surface area contributed by atoms with Gasteiger partial charge in [0.2, 0.25) is 0 Å². The van der Waals surface area contributed by atoms with E-state index in [9.17, 15) is 4.79 Å². The van der Waals surface area contributed by atoms with Crippen molar-refractivity contribution >= 4 is 17.5 Å². The summed E-state index contributed by atoms with van der Waals surface area (Å²) in [6.45, 7) is 1.42. The van der Waals surface area contributed by atoms with Crippen LogP contribution in [0.4, 0.5) is 0 Å². The van der Waals surface area contributed by atoms with Crippen LogP contribution in [0.25, 0.3) is 11.1 Å². The molecule has 0 atom stereocenters. The molecule has 1 aliphatic rings. The number of amides is 1. The molecule has 1 heterocycles. The van der Waals surface area contributed by atoms with E-state index in [-0.39, 0.29) is 12.5 Å². The Morgan fingerprint density at radius 1 is 1.00 bits per heavy atom. The molecular formula is C24H22ClNO4. The molecule has 0 saturated carbocycles. The van der Waals surface area contributed by atoms with Gasteiger partial charge in [0.25, 0.3) is 5.91 Å². The maximum absolute atomic E-state index is 12.2. The number of nitrogens with one attached hydrogen (secondary N) is 1. The van der Waals surface area contributed by atoms with Gasteiger partial charge in [-0.1, -0.05) is 60.1 Å². The molecule has 5 nitrogen and oxygen atoms in total. The van der Waals surface area contributed by atoms with Gasteiger partial charge in [0.15, 0.2) is 18.1 Å². The topological polar surface area (TPSA) is 56.8 Å². The molecule has 3 aromatic carbocycles. The molecule has 1 aliphatic heterocycles. The largest absolute Gasteiger partial charge is 0.486 e. The third-order valence-corrected chi connectivity index (χ3v) is 5.00. The van der Waals surface area contributed by atoms with Crippen LogP contribution in [0.5, 0.6) is 17.2 Å². The monoisotopic (exact) mass is 423 g/mol. The number of carbonyl (C=O) groups excluding carboxylic acids is 1. The first kappa shape index (κ1) is 20.1. The molecule has 1 N–H and O–H groups in total. The van der Waals surface area contributed by atoms with Gasteiger partial charge in [-0.2, -0.15) is 0 Å². The van der Waals surface area contributed by atoms with Crippen LogP contribution < -0.4 is 19.5 Å². The number of fused-ring (bicyclic) bond motifs is 1. The van der Waals surface area contributed by atoms with Gasteiger partial charge in [-0.15, -0.1) is 0 Å². The number of hydrogen-bond acceptors (Lipinski definition) is 4. The average molecular weight is 424 g/mol. The van der Waals surface area contributed by atoms with Crippen LogP contribution in [0, 0.1) is 0 Å². The normalized spacial score (nSPS) is 12.3. The number of ether oxygens (including phenoxy) is 3. The van der Waals surface area contributed by atoms with Crippen LogP contribution in [0.1, 0.15) is 5.56 Å². The maximum atomic E-state index is 12.2. The van der Waals surface area contributed by atoms with Crippen LogP contribution in [-0.2, 0) is 11.2 Å². The van der Waals surface area contributed by atoms with Crippen molar-refractivity contribution in [3.05, 3.63) is 77.3 Å². The van der Waals surface area contributed by atoms with E-state index in [2.05, 4.69) is 5.32 Å². The zero-order chi connectivity index (χ0) is 20.8. The Balaban J connectivity index is 1.30. The second-order valence-corrected chi connectivity index (χ2v) is 7.26. The average Bonchev–Trinajstić information content (AvgIpc) is 2.78. The second kappa shape index (κ2) is 9.55. The highest BCUT2D eigenvalue weighted by Gasteiger charge is 2.16. The summed E-state index contributed by atoms with van der Waals surface area (Å²) in [5.41, 5.74) is 2.97. The number of benzene rings is 3. The molecule has 6 heteroatoms. The molecule has 30 heavy (non-hydrogen) atoms. The Bertz CT molecular complexity index is 1020. The van der Waals surface area contributed by atoms with Crippen molar-refractivity contribution in [3.63, 3.8) is 0 Å². The van der Waals surface area contributed by atoms with Crippen molar-refractivity contribution in [3.8, 4) is 28.4 Å². The summed E-state index contributed by atoms with van der Waals surface area (Å²) in [5.74, 6) is 1.73. The molecule has 0 radical (unpaired) electrons. The molecule has 0 fully saturated rings. The summed E-state index contributed by atoms with van der Waals surface area (Å²) >= 11 is 6.26. The van der Waals surface area contributed by atoms with Gasteiger partial charge >= 0.3 is 0 Å². The van der Waals surface area contributed by atoms with E-state index >= 15 is 0 Å². The molecule has 154 valence electrons. The summed E-state index contributed by atoms with van der Waals surface area (Å²) in [6, 6.07) is 21.4. The summed E-state index contributed by atoms with van der Waals surface area (Å²) in [4.78, 5) is 12.2. The van der Waals surface area contributed by atoms with Gasteiger partial charge < -0.3 is 19.5 Å². The summed E-state index contributed by atoms with van der Waals surface area (Å²) in [5, 5.41) is 3.40. The van der Waals surface area contributed by atoms with Crippen molar-refractivity contribution in [2.75, 3.05) is 26.4 Å². The van der Waals surface area contributed by atoms with E-state index in [0.717, 1.165) is 16.7 Å². The number of carbonyl (C=O) groups is 1. The van der Waals surface area contributed by atoms with Crippen LogP contribution >= 0.6 is 11.6 Å². The second-order valence-electron chi connectivity index (χ2n) is 6.85. The van der Waals surface area contributed by atoms with Gasteiger partial charge in [-0.3, -0.25) is 4.79 Å². The van der Waals surface area contributed by atoms with Gasteiger partial charge in [0, 0.05) is 12.1 Å². The fraction of sp³-hybridized carbons (Fsp3) is 0.208. The predicted octanol–water partition coefficient (Wildman–Crippen LogP) is 4.52. The molecule has 3 aromatic rings. The van der Waals surface area contributed by atoms with E-state index in [4.69, 9.17) is 25.8 Å².